The average Bonchev–Trinajstić information content (AvgIpc) is 2.64. The Morgan fingerprint density at radius 3 is 0.879 bits per heavy atom. The van der Waals surface area contributed by atoms with Crippen molar-refractivity contribution in [3.63, 3.8) is 0 Å². The van der Waals surface area contributed by atoms with Crippen molar-refractivity contribution >= 4 is 21.1 Å². The van der Waals surface area contributed by atoms with Crippen LogP contribution >= 0.6 is 0 Å². The minimum atomic E-state index is -3.90. The molecule has 0 rings (SSSR count). The molecule has 0 spiro atoms. The van der Waals surface area contributed by atoms with Crippen molar-refractivity contribution in [2.24, 2.45) is 11.8 Å². The zero-order valence-electron chi connectivity index (χ0n) is 20.1. The molecule has 12 N–H and O–H groups in total. The number of hydrogen-bond donors (Lipinski definition) is 12. The molecule has 0 aromatic carbocycles. The van der Waals surface area contributed by atoms with Crippen molar-refractivity contribution in [3.8, 4) is 0 Å². The molecule has 0 aliphatic rings. The van der Waals surface area contributed by atoms with Crippen LogP contribution in [0.3, 0.4) is 0 Å². The van der Waals surface area contributed by atoms with Crippen LogP contribution in [0.1, 0.15) is 79.1 Å². The van der Waals surface area contributed by atoms with Crippen molar-refractivity contribution in [2.45, 2.75) is 112 Å². The molecular formula is C20H46O12Sn. The summed E-state index contributed by atoms with van der Waals surface area (Å²) in [6.45, 7) is 9.44. The monoisotopic (exact) mass is 598 g/mol. The summed E-state index contributed by atoms with van der Waals surface area (Å²) in [5.74, 6) is -13.4. The smallest absolute Gasteiger partial charge is 0.337 e. The largest absolute Gasteiger partial charge is 0.362 e. The molecule has 0 aromatic rings. The van der Waals surface area contributed by atoms with Crippen LogP contribution < -0.4 is 0 Å². The maximum atomic E-state index is 7.72. The van der Waals surface area contributed by atoms with Crippen molar-refractivity contribution in [1.82, 2.24) is 0 Å². The zero-order chi connectivity index (χ0) is 26.9. The van der Waals surface area contributed by atoms with E-state index in [1.807, 2.05) is 0 Å². The van der Waals surface area contributed by atoms with Gasteiger partial charge in [-0.2, -0.15) is 0 Å². The second kappa shape index (κ2) is 18.6. The maximum absolute atomic E-state index is 7.72. The molecule has 2 atom stereocenters. The number of hydrogen-bond acceptors (Lipinski definition) is 12. The van der Waals surface area contributed by atoms with E-state index in [4.69, 9.17) is 61.3 Å². The van der Waals surface area contributed by atoms with Gasteiger partial charge in [0.1, 0.15) is 0 Å². The van der Waals surface area contributed by atoms with E-state index in [0.717, 1.165) is 11.8 Å². The summed E-state index contributed by atoms with van der Waals surface area (Å²) >= 11 is -0.0388. The van der Waals surface area contributed by atoms with Gasteiger partial charge in [-0.3, -0.25) is 0 Å². The topological polar surface area (TPSA) is 243 Å². The Kier molecular flexibility index (Phi) is 21.3. The Morgan fingerprint density at radius 2 is 0.727 bits per heavy atom. The van der Waals surface area contributed by atoms with Crippen molar-refractivity contribution in [1.29, 1.82) is 0 Å². The maximum Gasteiger partial charge on any atom is 0.362 e. The second-order valence-corrected chi connectivity index (χ2v) is 11.8. The fourth-order valence-corrected chi connectivity index (χ4v) is 8.00. The predicted octanol–water partition coefficient (Wildman–Crippen LogP) is -1.54. The predicted molar refractivity (Wildman–Crippen MR) is 120 cm³/mol. The summed E-state index contributed by atoms with van der Waals surface area (Å²) in [5, 5.41) is 92.6. The van der Waals surface area contributed by atoms with Gasteiger partial charge in [-0.05, 0) is 0 Å². The van der Waals surface area contributed by atoms with E-state index < -0.39 is 23.9 Å². The van der Waals surface area contributed by atoms with E-state index in [0.29, 0.717) is 0 Å². The Hall–Kier alpha value is 0.319. The Bertz CT molecular complexity index is 374. The minimum Gasteiger partial charge on any atom is -0.337 e. The summed E-state index contributed by atoms with van der Waals surface area (Å²) in [4.78, 5) is 0. The first kappa shape index (κ1) is 37.9. The van der Waals surface area contributed by atoms with Gasteiger partial charge >= 0.3 is 145 Å². The third kappa shape index (κ3) is 22.5. The minimum absolute atomic E-state index is 0.0388. The van der Waals surface area contributed by atoms with Crippen LogP contribution in [0.25, 0.3) is 0 Å². The fraction of sp³-hybridized carbons (Fsp3) is 1.00. The molecule has 0 bridgehead atoms. The first-order valence-corrected chi connectivity index (χ1v) is 15.2. The SMILES string of the molecule is CCCCC(CC)[CH2][Sn][CH2]C(CC)CCCC.OC(O)(O)C(O)(O)O.OC(O)(O)C(O)(O)O. The van der Waals surface area contributed by atoms with Crippen molar-refractivity contribution in [3.05, 3.63) is 0 Å². The summed E-state index contributed by atoms with van der Waals surface area (Å²) < 4.78 is 3.31. The van der Waals surface area contributed by atoms with Crippen molar-refractivity contribution in [2.75, 3.05) is 0 Å². The van der Waals surface area contributed by atoms with E-state index in [1.54, 1.807) is 8.87 Å². The van der Waals surface area contributed by atoms with Gasteiger partial charge in [-0.1, -0.05) is 0 Å². The quantitative estimate of drug-likeness (QED) is 0.0805. The molecule has 0 fully saturated rings. The molecule has 0 heterocycles. The first-order valence-electron chi connectivity index (χ1n) is 11.2. The van der Waals surface area contributed by atoms with Crippen molar-refractivity contribution < 1.29 is 61.3 Å². The zero-order valence-corrected chi connectivity index (χ0v) is 22.9. The fourth-order valence-electron chi connectivity index (χ4n) is 2.38. The first-order chi connectivity index (χ1) is 14.8. The van der Waals surface area contributed by atoms with Gasteiger partial charge in [0, 0.05) is 0 Å². The molecule has 2 radical (unpaired) electrons. The summed E-state index contributed by atoms with van der Waals surface area (Å²) in [5.41, 5.74) is 0. The average molecular weight is 597 g/mol. The molecule has 0 aromatic heterocycles. The van der Waals surface area contributed by atoms with Gasteiger partial charge in [0.15, 0.2) is 0 Å². The molecule has 0 saturated carbocycles. The van der Waals surface area contributed by atoms with Crippen LogP contribution in [0.5, 0.6) is 0 Å². The molecule has 12 nitrogen and oxygen atoms in total. The van der Waals surface area contributed by atoms with E-state index in [2.05, 4.69) is 27.7 Å². The standard InChI is InChI=1S/2C8H17.2C2H6O6.Sn/c2*1-4-6-7-8(3)5-2;2*3-1(4,5)2(6,7)8;/h2*8H,3-7H2,1-2H3;2*3-8H;. The Balaban J connectivity index is -0.000000468. The van der Waals surface area contributed by atoms with Gasteiger partial charge in [0.25, 0.3) is 0 Å². The molecular weight excluding hydrogens is 551 g/mol. The van der Waals surface area contributed by atoms with Crippen LogP contribution in [0.4, 0.5) is 0 Å². The summed E-state index contributed by atoms with van der Waals surface area (Å²) in [6, 6.07) is 0. The van der Waals surface area contributed by atoms with E-state index >= 15 is 0 Å². The molecule has 0 amide bonds. The molecule has 13 heteroatoms. The number of aliphatic hydroxyl groups is 12. The van der Waals surface area contributed by atoms with Gasteiger partial charge < -0.3 is 61.3 Å². The van der Waals surface area contributed by atoms with E-state index in [-0.39, 0.29) is 21.1 Å². The van der Waals surface area contributed by atoms with E-state index in [9.17, 15) is 0 Å². The van der Waals surface area contributed by atoms with Crippen LogP contribution in [0.15, 0.2) is 0 Å². The Morgan fingerprint density at radius 1 is 0.485 bits per heavy atom. The Labute approximate surface area is 206 Å². The van der Waals surface area contributed by atoms with Crippen LogP contribution in [0, 0.1) is 11.8 Å². The molecule has 0 saturated heterocycles. The van der Waals surface area contributed by atoms with Crippen LogP contribution in [-0.4, -0.2) is 106 Å². The molecule has 202 valence electrons. The van der Waals surface area contributed by atoms with Crippen LogP contribution in [0.2, 0.25) is 8.87 Å². The van der Waals surface area contributed by atoms with E-state index in [1.165, 1.54) is 51.4 Å². The third-order valence-corrected chi connectivity index (χ3v) is 9.80. The normalized spacial score (nSPS) is 14.5. The van der Waals surface area contributed by atoms with Gasteiger partial charge in [-0.25, -0.2) is 0 Å². The third-order valence-electron chi connectivity index (χ3n) is 4.85. The van der Waals surface area contributed by atoms with Crippen LogP contribution in [-0.2, 0) is 0 Å². The van der Waals surface area contributed by atoms with Gasteiger partial charge in [0.2, 0.25) is 0 Å². The molecule has 0 aliphatic carbocycles. The van der Waals surface area contributed by atoms with Gasteiger partial charge in [-0.15, -0.1) is 0 Å². The summed E-state index contributed by atoms with van der Waals surface area (Å²) in [6.07, 6.45) is 11.6. The number of unbranched alkanes of at least 4 members (excludes halogenated alkanes) is 2. The second-order valence-electron chi connectivity index (χ2n) is 8.03. The molecule has 2 unspecified atom stereocenters. The molecule has 0 aliphatic heterocycles. The van der Waals surface area contributed by atoms with Gasteiger partial charge in [0.05, 0.1) is 0 Å². The number of rotatable bonds is 14. The summed E-state index contributed by atoms with van der Waals surface area (Å²) in [7, 11) is 0. The molecule has 33 heavy (non-hydrogen) atoms.